The van der Waals surface area contributed by atoms with Crippen molar-refractivity contribution in [2.75, 3.05) is 0 Å². The molecule has 0 aliphatic rings. The lowest BCUT2D eigenvalue weighted by molar-refractivity contribution is 0.632. The molecule has 2 heteroatoms. The van der Waals surface area contributed by atoms with E-state index in [0.29, 0.717) is 22.6 Å². The Hall–Kier alpha value is -3.65. The van der Waals surface area contributed by atoms with Crippen LogP contribution in [0.15, 0.2) is 95.5 Å². The van der Waals surface area contributed by atoms with Gasteiger partial charge in [0, 0.05) is 30.9 Å². The molecule has 5 aromatic rings. The van der Waals surface area contributed by atoms with E-state index in [1.54, 1.807) is 0 Å². The van der Waals surface area contributed by atoms with Crippen LogP contribution in [0.25, 0.3) is 44.7 Å². The molecule has 2 nitrogen and oxygen atoms in total. The number of hydrogen-bond donors (Lipinski definition) is 0. The van der Waals surface area contributed by atoms with Crippen LogP contribution in [0.5, 0.6) is 0 Å². The molecule has 2 aromatic heterocycles. The van der Waals surface area contributed by atoms with E-state index in [-0.39, 0.29) is 11.1 Å². The van der Waals surface area contributed by atoms with Crippen LogP contribution in [0, 0.1) is 13.7 Å². The van der Waals surface area contributed by atoms with Gasteiger partial charge in [-0.15, -0.1) is 0 Å². The second-order valence-electron chi connectivity index (χ2n) is 6.89. The number of aryl methyl sites for hydroxylation is 2. The van der Waals surface area contributed by atoms with Gasteiger partial charge in [-0.3, -0.25) is 4.98 Å². The molecule has 0 saturated heterocycles. The van der Waals surface area contributed by atoms with Crippen LogP contribution in [0.1, 0.15) is 19.4 Å². The fraction of sp³-hybridized carbons (Fsp3) is 0.0741. The summed E-state index contributed by atoms with van der Waals surface area (Å²) in [5.74, 6) is 0.712. The molecule has 0 fully saturated rings. The maximum atomic E-state index is 7.90. The van der Waals surface area contributed by atoms with Crippen LogP contribution in [0.2, 0.25) is 0 Å². The van der Waals surface area contributed by atoms with Crippen molar-refractivity contribution in [3.63, 3.8) is 0 Å². The van der Waals surface area contributed by atoms with Crippen molar-refractivity contribution in [2.45, 2.75) is 13.7 Å². The van der Waals surface area contributed by atoms with Gasteiger partial charge >= 0.3 is 0 Å². The van der Waals surface area contributed by atoms with Gasteiger partial charge in [0.15, 0.2) is 0 Å². The van der Waals surface area contributed by atoms with Crippen molar-refractivity contribution in [1.82, 2.24) is 4.98 Å². The molecule has 0 aliphatic heterocycles. The first-order valence-corrected chi connectivity index (χ1v) is 9.31. The summed E-state index contributed by atoms with van der Waals surface area (Å²) in [4.78, 5) is 4.34. The van der Waals surface area contributed by atoms with Crippen LogP contribution < -0.4 is 0 Å². The van der Waals surface area contributed by atoms with Crippen LogP contribution in [0.3, 0.4) is 0 Å². The van der Waals surface area contributed by atoms with Gasteiger partial charge in [0.25, 0.3) is 0 Å². The standard InChI is InChI=1S/C27H21NO/c1-18-13-25(28-17-19(18)2)22-14-23(20-9-5-3-6-10-20)24-16-26(29-27(24)15-22)21-11-7-4-8-12-21/h3-17H,1-2H3/i1D3,2D3. The molecule has 0 unspecified atom stereocenters. The normalized spacial score (nSPS) is 15.0. The monoisotopic (exact) mass is 381 g/mol. The van der Waals surface area contributed by atoms with Gasteiger partial charge in [-0.1, -0.05) is 60.7 Å². The molecule has 140 valence electrons. The van der Waals surface area contributed by atoms with Gasteiger partial charge in [-0.2, -0.15) is 0 Å². The minimum atomic E-state index is -2.60. The third-order valence-electron chi connectivity index (χ3n) is 4.98. The van der Waals surface area contributed by atoms with E-state index in [9.17, 15) is 0 Å². The summed E-state index contributed by atoms with van der Waals surface area (Å²) in [5.41, 5.74) is 3.93. The van der Waals surface area contributed by atoms with Crippen LogP contribution in [-0.4, -0.2) is 4.98 Å². The predicted octanol–water partition coefficient (Wildman–Crippen LogP) is 7.45. The highest BCUT2D eigenvalue weighted by Gasteiger charge is 2.14. The van der Waals surface area contributed by atoms with Gasteiger partial charge in [-0.25, -0.2) is 0 Å². The summed E-state index contributed by atoms with van der Waals surface area (Å²) < 4.78 is 53.1. The summed E-state index contributed by atoms with van der Waals surface area (Å²) in [6, 6.07) is 26.7. The third kappa shape index (κ3) is 3.23. The number of aromatic nitrogens is 1. The highest BCUT2D eigenvalue weighted by Crippen LogP contribution is 2.38. The van der Waals surface area contributed by atoms with E-state index in [4.69, 9.17) is 12.6 Å². The molecule has 0 radical (unpaired) electrons. The zero-order chi connectivity index (χ0) is 24.8. The molecule has 0 amide bonds. The average Bonchev–Trinajstić information content (AvgIpc) is 3.27. The summed E-state index contributed by atoms with van der Waals surface area (Å²) in [7, 11) is 0. The molecule has 0 spiro atoms. The third-order valence-corrected chi connectivity index (χ3v) is 4.98. The lowest BCUT2D eigenvalue weighted by Gasteiger charge is -2.09. The summed E-state index contributed by atoms with van der Waals surface area (Å²) in [6.45, 7) is -5.18. The van der Waals surface area contributed by atoms with Crippen molar-refractivity contribution in [2.24, 2.45) is 0 Å². The zero-order valence-corrected chi connectivity index (χ0v) is 15.5. The number of nitrogens with zero attached hydrogens (tertiary/aromatic N) is 1. The highest BCUT2D eigenvalue weighted by atomic mass is 16.3. The Morgan fingerprint density at radius 1 is 0.724 bits per heavy atom. The average molecular weight is 382 g/mol. The predicted molar refractivity (Wildman–Crippen MR) is 120 cm³/mol. The number of hydrogen-bond acceptors (Lipinski definition) is 2. The Kier molecular flexibility index (Phi) is 2.93. The number of rotatable bonds is 3. The van der Waals surface area contributed by atoms with Crippen molar-refractivity contribution < 1.29 is 12.6 Å². The summed E-state index contributed by atoms with van der Waals surface area (Å²) in [6.07, 6.45) is 1.15. The summed E-state index contributed by atoms with van der Waals surface area (Å²) in [5, 5.41) is 0.911. The molecule has 2 heterocycles. The molecule has 0 saturated carbocycles. The number of benzene rings is 3. The summed E-state index contributed by atoms with van der Waals surface area (Å²) >= 11 is 0. The number of fused-ring (bicyclic) bond motifs is 1. The van der Waals surface area contributed by atoms with Gasteiger partial charge in [0.1, 0.15) is 11.3 Å². The smallest absolute Gasteiger partial charge is 0.136 e. The first kappa shape index (κ1) is 12.0. The van der Waals surface area contributed by atoms with Crippen molar-refractivity contribution in [1.29, 1.82) is 0 Å². The second kappa shape index (κ2) is 7.06. The van der Waals surface area contributed by atoms with E-state index in [1.807, 2.05) is 78.9 Å². The fourth-order valence-corrected chi connectivity index (χ4v) is 3.50. The van der Waals surface area contributed by atoms with E-state index in [2.05, 4.69) is 4.98 Å². The topological polar surface area (TPSA) is 26.0 Å². The Labute approximate surface area is 178 Å². The van der Waals surface area contributed by atoms with Gasteiger partial charge < -0.3 is 4.42 Å². The lowest BCUT2D eigenvalue weighted by Crippen LogP contribution is -1.89. The van der Waals surface area contributed by atoms with E-state index in [1.165, 1.54) is 6.07 Å². The molecule has 0 bridgehead atoms. The Bertz CT molecular complexity index is 1500. The SMILES string of the molecule is [2H]C([2H])([2H])c1cnc(-c2cc(-c3ccccc3)c3cc(-c4ccccc4)oc3c2)cc1C([2H])([2H])[2H]. The molecular formula is C27H21NO. The number of pyridine rings is 1. The Morgan fingerprint density at radius 2 is 1.45 bits per heavy atom. The van der Waals surface area contributed by atoms with Crippen molar-refractivity contribution in [3.05, 3.63) is 102 Å². The molecule has 3 aromatic carbocycles. The first-order chi connectivity index (χ1) is 16.6. The lowest BCUT2D eigenvalue weighted by atomic mass is 9.97. The highest BCUT2D eigenvalue weighted by molar-refractivity contribution is 5.99. The largest absolute Gasteiger partial charge is 0.456 e. The Morgan fingerprint density at radius 3 is 2.17 bits per heavy atom. The van der Waals surface area contributed by atoms with Crippen LogP contribution >= 0.6 is 0 Å². The minimum Gasteiger partial charge on any atom is -0.456 e. The first-order valence-electron chi connectivity index (χ1n) is 12.3. The number of furan rings is 1. The quantitative estimate of drug-likeness (QED) is 0.324. The van der Waals surface area contributed by atoms with E-state index < -0.39 is 13.7 Å². The Balaban J connectivity index is 1.75. The van der Waals surface area contributed by atoms with Crippen molar-refractivity contribution >= 4 is 11.0 Å². The fourth-order valence-electron chi connectivity index (χ4n) is 3.50. The van der Waals surface area contributed by atoms with Crippen molar-refractivity contribution in [3.8, 4) is 33.7 Å². The molecule has 29 heavy (non-hydrogen) atoms. The molecule has 0 atom stereocenters. The van der Waals surface area contributed by atoms with Crippen LogP contribution in [0.4, 0.5) is 0 Å². The van der Waals surface area contributed by atoms with E-state index in [0.717, 1.165) is 28.3 Å². The maximum absolute atomic E-state index is 7.90. The molecular weight excluding hydrogens is 354 g/mol. The van der Waals surface area contributed by atoms with Gasteiger partial charge in [0.2, 0.25) is 0 Å². The van der Waals surface area contributed by atoms with Gasteiger partial charge in [-0.05, 0) is 60.2 Å². The molecule has 0 N–H and O–H groups in total. The van der Waals surface area contributed by atoms with E-state index >= 15 is 0 Å². The zero-order valence-electron chi connectivity index (χ0n) is 21.5. The van der Waals surface area contributed by atoms with Crippen LogP contribution in [-0.2, 0) is 0 Å². The van der Waals surface area contributed by atoms with Gasteiger partial charge in [0.05, 0.1) is 5.69 Å². The maximum Gasteiger partial charge on any atom is 0.136 e. The minimum absolute atomic E-state index is 0.228. The molecule has 0 aliphatic carbocycles. The second-order valence-corrected chi connectivity index (χ2v) is 6.89. The molecule has 5 rings (SSSR count).